The Morgan fingerprint density at radius 3 is 2.04 bits per heavy atom. The van der Waals surface area contributed by atoms with E-state index in [1.54, 1.807) is 0 Å². The summed E-state index contributed by atoms with van der Waals surface area (Å²) in [6.45, 7) is 14.9. The Kier molecular flexibility index (Phi) is 12.8. The van der Waals surface area contributed by atoms with E-state index in [0.717, 1.165) is 59.0 Å². The fourth-order valence-corrected chi connectivity index (χ4v) is 7.41. The first-order chi connectivity index (χ1) is 25.1. The van der Waals surface area contributed by atoms with E-state index in [9.17, 15) is 9.90 Å². The first-order valence-electron chi connectivity index (χ1n) is 18.9. The van der Waals surface area contributed by atoms with E-state index >= 15 is 0 Å². The zero-order valence-corrected chi connectivity index (χ0v) is 34.4. The van der Waals surface area contributed by atoms with E-state index in [1.165, 1.54) is 38.7 Å². The van der Waals surface area contributed by atoms with Crippen LogP contribution in [0.1, 0.15) is 79.7 Å². The van der Waals surface area contributed by atoms with Crippen molar-refractivity contribution in [2.24, 2.45) is 11.8 Å². The number of hydrogen-bond acceptors (Lipinski definition) is 3. The molecular formula is C48H51IrN2O2-. The molecule has 0 aliphatic heterocycles. The van der Waals surface area contributed by atoms with Crippen molar-refractivity contribution in [3.63, 3.8) is 0 Å². The number of carbonyl (C=O) groups excluding carboxylic acids is 1. The van der Waals surface area contributed by atoms with Crippen LogP contribution in [-0.2, 0) is 30.3 Å². The summed E-state index contributed by atoms with van der Waals surface area (Å²) in [5.74, 6) is 0.547. The molecule has 7 aromatic rings. The first-order valence-corrected chi connectivity index (χ1v) is 18.9. The number of carbonyl (C=O) groups is 1. The monoisotopic (exact) mass is 880 g/mol. The van der Waals surface area contributed by atoms with Crippen LogP contribution >= 0.6 is 0 Å². The van der Waals surface area contributed by atoms with Gasteiger partial charge in [0.15, 0.2) is 5.78 Å². The van der Waals surface area contributed by atoms with Gasteiger partial charge in [0.05, 0.1) is 11.3 Å². The molecule has 1 radical (unpaired) electrons. The zero-order chi connectivity index (χ0) is 37.0. The maximum absolute atomic E-state index is 11.7. The number of fused-ring (bicyclic) bond motifs is 6. The minimum absolute atomic E-state index is 0. The van der Waals surface area contributed by atoms with Crippen molar-refractivity contribution in [3.8, 4) is 16.9 Å². The van der Waals surface area contributed by atoms with Crippen LogP contribution in [0.15, 0.2) is 121 Å². The van der Waals surface area contributed by atoms with Crippen LogP contribution in [0.5, 0.6) is 0 Å². The molecule has 275 valence electrons. The number of hydrogen-bond donors (Lipinski definition) is 1. The minimum atomic E-state index is 0. The Balaban J connectivity index is 0.000000290. The van der Waals surface area contributed by atoms with Gasteiger partial charge < -0.3 is 5.11 Å². The van der Waals surface area contributed by atoms with Crippen LogP contribution < -0.4 is 0 Å². The van der Waals surface area contributed by atoms with Gasteiger partial charge >= 0.3 is 0 Å². The van der Waals surface area contributed by atoms with Crippen LogP contribution in [0.3, 0.4) is 0 Å². The maximum Gasteiger partial charge on any atom is 0.162 e. The molecule has 7 rings (SSSR count). The van der Waals surface area contributed by atoms with Gasteiger partial charge in [-0.1, -0.05) is 138 Å². The zero-order valence-electron chi connectivity index (χ0n) is 32.0. The van der Waals surface area contributed by atoms with Crippen LogP contribution in [0.2, 0.25) is 0 Å². The van der Waals surface area contributed by atoms with Gasteiger partial charge in [-0.25, -0.2) is 0 Å². The van der Waals surface area contributed by atoms with Gasteiger partial charge in [0, 0.05) is 60.2 Å². The molecule has 0 fully saturated rings. The third-order valence-corrected chi connectivity index (χ3v) is 10.5. The molecule has 0 unspecified atom stereocenters. The van der Waals surface area contributed by atoms with E-state index < -0.39 is 0 Å². The average Bonchev–Trinajstić information content (AvgIpc) is 3.49. The predicted molar refractivity (Wildman–Crippen MR) is 220 cm³/mol. The van der Waals surface area contributed by atoms with E-state index in [0.29, 0.717) is 0 Å². The smallest absolute Gasteiger partial charge is 0.162 e. The fraction of sp³-hybridized carbons (Fsp3) is 0.292. The second kappa shape index (κ2) is 17.1. The summed E-state index contributed by atoms with van der Waals surface area (Å²) in [6.07, 6.45) is 4.91. The number of allylic oxidation sites excluding steroid dienone is 2. The van der Waals surface area contributed by atoms with E-state index in [-0.39, 0.29) is 48.9 Å². The molecule has 0 aliphatic rings. The van der Waals surface area contributed by atoms with Gasteiger partial charge in [0.25, 0.3) is 0 Å². The van der Waals surface area contributed by atoms with E-state index in [1.807, 2.05) is 27.7 Å². The topological polar surface area (TPSA) is 55.1 Å². The molecule has 0 amide bonds. The second-order valence-electron chi connectivity index (χ2n) is 14.8. The Morgan fingerprint density at radius 2 is 1.38 bits per heavy atom. The Labute approximate surface area is 328 Å². The van der Waals surface area contributed by atoms with E-state index in [4.69, 9.17) is 4.98 Å². The summed E-state index contributed by atoms with van der Waals surface area (Å²) >= 11 is 0. The molecule has 0 aliphatic carbocycles. The summed E-state index contributed by atoms with van der Waals surface area (Å²) in [6, 6.07) is 42.5. The van der Waals surface area contributed by atoms with Crippen molar-refractivity contribution in [2.45, 2.75) is 79.6 Å². The molecule has 53 heavy (non-hydrogen) atoms. The third-order valence-electron chi connectivity index (χ3n) is 10.5. The molecule has 2 aromatic heterocycles. The van der Waals surface area contributed by atoms with Gasteiger partial charge in [-0.3, -0.25) is 14.3 Å². The van der Waals surface area contributed by atoms with Gasteiger partial charge in [-0.15, -0.1) is 29.1 Å². The summed E-state index contributed by atoms with van der Waals surface area (Å²) < 4.78 is 2.30. The molecule has 2 heterocycles. The van der Waals surface area contributed by atoms with Crippen molar-refractivity contribution in [2.75, 3.05) is 0 Å². The van der Waals surface area contributed by atoms with Crippen LogP contribution in [0.25, 0.3) is 60.4 Å². The molecule has 0 bridgehead atoms. The van der Waals surface area contributed by atoms with Crippen molar-refractivity contribution < 1.29 is 30.0 Å². The number of nitrogens with zero attached hydrogens (tertiary/aromatic N) is 2. The number of pyridine rings is 1. The van der Waals surface area contributed by atoms with Crippen LogP contribution in [0, 0.1) is 17.9 Å². The van der Waals surface area contributed by atoms with Gasteiger partial charge in [0.2, 0.25) is 0 Å². The molecule has 0 saturated heterocycles. The maximum atomic E-state index is 11.7. The quantitative estimate of drug-likeness (QED) is 0.0893. The number of aromatic nitrogens is 2. The normalized spacial score (nSPS) is 12.1. The minimum Gasteiger partial charge on any atom is -0.512 e. The largest absolute Gasteiger partial charge is 0.512 e. The van der Waals surface area contributed by atoms with Crippen molar-refractivity contribution in [1.29, 1.82) is 0 Å². The van der Waals surface area contributed by atoms with Crippen molar-refractivity contribution in [1.82, 2.24) is 9.55 Å². The van der Waals surface area contributed by atoms with Gasteiger partial charge in [-0.05, 0) is 60.1 Å². The standard InChI is InChI=1S/C35H27N2.C13H24O2.Ir/c1-35(2,3)30-22-25(21-24-12-8-9-15-27(24)30)31-19-18-29-33-28-16-10-7-11-23(28)17-20-32(33)37(34(29)36-31)26-13-5-4-6-14-26;1-5-10(6-2)12(14)9-13(15)11(7-3)8-4;/h4-20,22H,1-3H3;9-11,14H,5-8H2,1-4H3;/q-1;;/b;12-9-;. The summed E-state index contributed by atoms with van der Waals surface area (Å²) in [7, 11) is 0. The summed E-state index contributed by atoms with van der Waals surface area (Å²) in [5.41, 5.74) is 6.53. The molecule has 1 N–H and O–H groups in total. The molecule has 5 aromatic carbocycles. The first kappa shape index (κ1) is 39.6. The summed E-state index contributed by atoms with van der Waals surface area (Å²) in [5, 5.41) is 17.0. The Morgan fingerprint density at radius 1 is 0.755 bits per heavy atom. The molecule has 0 saturated carbocycles. The SMILES string of the molecule is CC(C)(C)c1cc(-c2ccc3c4c5ccccc5ccc4n(-c4ccccc4)c3n2)[c-]c2ccccc12.CCC(CC)C(=O)/C=C(\O)C(CC)CC.[Ir]. The molecule has 0 spiro atoms. The van der Waals surface area contributed by atoms with Crippen molar-refractivity contribution >= 4 is 49.3 Å². The third kappa shape index (κ3) is 8.17. The van der Waals surface area contributed by atoms with E-state index in [2.05, 4.69) is 141 Å². The number of para-hydroxylation sites is 1. The van der Waals surface area contributed by atoms with Gasteiger partial charge in [0.1, 0.15) is 5.65 Å². The number of aliphatic hydroxyl groups is 1. The van der Waals surface area contributed by atoms with Crippen LogP contribution in [-0.4, -0.2) is 20.4 Å². The molecule has 0 atom stereocenters. The molecule has 4 nitrogen and oxygen atoms in total. The Hall–Kier alpha value is -4.57. The molecule has 5 heteroatoms. The second-order valence-corrected chi connectivity index (χ2v) is 14.8. The van der Waals surface area contributed by atoms with Crippen molar-refractivity contribution in [3.05, 3.63) is 133 Å². The molecular weight excluding hydrogens is 829 g/mol. The average molecular weight is 880 g/mol. The number of rotatable bonds is 9. The Bertz CT molecular complexity index is 2380. The number of aliphatic hydroxyl groups excluding tert-OH is 1. The fourth-order valence-electron chi connectivity index (χ4n) is 7.41. The number of benzene rings is 5. The number of ketones is 1. The van der Waals surface area contributed by atoms with Crippen LogP contribution in [0.4, 0.5) is 0 Å². The summed E-state index contributed by atoms with van der Waals surface area (Å²) in [4.78, 5) is 17.0. The van der Waals surface area contributed by atoms with Gasteiger partial charge in [-0.2, -0.15) is 0 Å². The predicted octanol–water partition coefficient (Wildman–Crippen LogP) is 13.1.